The summed E-state index contributed by atoms with van der Waals surface area (Å²) in [6, 6.07) is 18.5. The van der Waals surface area contributed by atoms with E-state index in [-0.39, 0.29) is 23.6 Å². The molecule has 0 bridgehead atoms. The topological polar surface area (TPSA) is 73.0 Å². The number of fused-ring (bicyclic) bond motifs is 1. The summed E-state index contributed by atoms with van der Waals surface area (Å²) in [7, 11) is 2.08. The first kappa shape index (κ1) is 28.8. The number of nitrogens with zero attached hydrogens (tertiary/aromatic N) is 3. The average molecular weight is 573 g/mol. The largest absolute Gasteiger partial charge is 0.340 e. The van der Waals surface area contributed by atoms with Gasteiger partial charge in [-0.1, -0.05) is 29.8 Å². The molecular formula is C33H37ClN4O3. The second kappa shape index (κ2) is 12.5. The third-order valence-electron chi connectivity index (χ3n) is 8.28. The van der Waals surface area contributed by atoms with Crippen LogP contribution in [-0.4, -0.2) is 67.3 Å². The Balaban J connectivity index is 1.35. The third kappa shape index (κ3) is 6.47. The number of nitrogens with one attached hydrogen (secondary N) is 1. The number of halogens is 1. The smallest absolute Gasteiger partial charge is 0.258 e. The fourth-order valence-electron chi connectivity index (χ4n) is 5.84. The molecule has 5 rings (SSSR count). The van der Waals surface area contributed by atoms with Crippen molar-refractivity contribution in [1.29, 1.82) is 0 Å². The minimum atomic E-state index is -0.183. The Bertz CT molecular complexity index is 1460. The Labute approximate surface area is 247 Å². The van der Waals surface area contributed by atoms with Crippen molar-refractivity contribution >= 4 is 40.7 Å². The van der Waals surface area contributed by atoms with Gasteiger partial charge in [0.1, 0.15) is 0 Å². The molecular weight excluding hydrogens is 536 g/mol. The summed E-state index contributed by atoms with van der Waals surface area (Å²) in [5.74, 6) is -0.132. The predicted molar refractivity (Wildman–Crippen MR) is 164 cm³/mol. The standard InChI is InChI=1S/C33H37ClN4O3/c1-22-7-4-5-9-27(22)32(40)35-26-11-12-28(23(2)19-26)33(41)38-14-6-8-24(29-21-25(34)10-13-30(29)38)20-31(39)37-17-15-36(3)16-18-37/h4-5,7,9-13,19,21,24H,6,8,14-18,20H2,1-3H3,(H,35,40). The van der Waals surface area contributed by atoms with E-state index in [0.29, 0.717) is 34.8 Å². The lowest BCUT2D eigenvalue weighted by Crippen LogP contribution is -2.47. The molecule has 2 heterocycles. The van der Waals surface area contributed by atoms with Crippen molar-refractivity contribution in [3.05, 3.63) is 93.5 Å². The highest BCUT2D eigenvalue weighted by atomic mass is 35.5. The molecule has 0 radical (unpaired) electrons. The summed E-state index contributed by atoms with van der Waals surface area (Å²) >= 11 is 6.44. The molecule has 3 aromatic rings. The highest BCUT2D eigenvalue weighted by Crippen LogP contribution is 2.39. The molecule has 1 N–H and O–H groups in total. The summed E-state index contributed by atoms with van der Waals surface area (Å²) in [5, 5.41) is 3.55. The minimum Gasteiger partial charge on any atom is -0.340 e. The van der Waals surface area contributed by atoms with Crippen molar-refractivity contribution in [3.8, 4) is 0 Å². The van der Waals surface area contributed by atoms with Crippen LogP contribution in [0.3, 0.4) is 0 Å². The Kier molecular flexibility index (Phi) is 8.76. The zero-order valence-electron chi connectivity index (χ0n) is 24.0. The molecule has 0 spiro atoms. The zero-order valence-corrected chi connectivity index (χ0v) is 24.7. The maximum Gasteiger partial charge on any atom is 0.258 e. The van der Waals surface area contributed by atoms with Gasteiger partial charge >= 0.3 is 0 Å². The number of amides is 3. The molecule has 1 fully saturated rings. The third-order valence-corrected chi connectivity index (χ3v) is 8.52. The van der Waals surface area contributed by atoms with Crippen molar-refractivity contribution in [1.82, 2.24) is 9.80 Å². The van der Waals surface area contributed by atoms with Crippen LogP contribution in [0.5, 0.6) is 0 Å². The van der Waals surface area contributed by atoms with Gasteiger partial charge < -0.3 is 20.0 Å². The number of carbonyl (C=O) groups excluding carboxylic acids is 3. The Morgan fingerprint density at radius 3 is 2.37 bits per heavy atom. The van der Waals surface area contributed by atoms with Gasteiger partial charge in [0.15, 0.2) is 0 Å². The van der Waals surface area contributed by atoms with Crippen molar-refractivity contribution in [2.75, 3.05) is 50.0 Å². The molecule has 1 unspecified atom stereocenters. The van der Waals surface area contributed by atoms with E-state index in [9.17, 15) is 14.4 Å². The van der Waals surface area contributed by atoms with E-state index >= 15 is 0 Å². The molecule has 214 valence electrons. The van der Waals surface area contributed by atoms with Gasteiger partial charge in [-0.3, -0.25) is 14.4 Å². The van der Waals surface area contributed by atoms with Crippen LogP contribution in [0.1, 0.15) is 62.6 Å². The molecule has 7 nitrogen and oxygen atoms in total. The summed E-state index contributed by atoms with van der Waals surface area (Å²) in [4.78, 5) is 46.0. The lowest BCUT2D eigenvalue weighted by molar-refractivity contribution is -0.133. The van der Waals surface area contributed by atoms with Crippen LogP contribution in [0.4, 0.5) is 11.4 Å². The van der Waals surface area contributed by atoms with Crippen molar-refractivity contribution in [2.24, 2.45) is 0 Å². The lowest BCUT2D eigenvalue weighted by Gasteiger charge is -2.33. The van der Waals surface area contributed by atoms with E-state index in [4.69, 9.17) is 11.6 Å². The second-order valence-electron chi connectivity index (χ2n) is 11.2. The fraction of sp³-hybridized carbons (Fsp3) is 0.364. The van der Waals surface area contributed by atoms with Gasteiger partial charge in [-0.15, -0.1) is 0 Å². The summed E-state index contributed by atoms with van der Waals surface area (Å²) in [6.45, 7) is 7.60. The summed E-state index contributed by atoms with van der Waals surface area (Å²) < 4.78 is 0. The summed E-state index contributed by atoms with van der Waals surface area (Å²) in [6.07, 6.45) is 2.00. The zero-order chi connectivity index (χ0) is 29.1. The quantitative estimate of drug-likeness (QED) is 0.413. The number of carbonyl (C=O) groups is 3. The van der Waals surface area contributed by atoms with Gasteiger partial charge in [-0.25, -0.2) is 0 Å². The maximum absolute atomic E-state index is 14.0. The Hall–Kier alpha value is -3.68. The molecule has 1 saturated heterocycles. The molecule has 41 heavy (non-hydrogen) atoms. The monoisotopic (exact) mass is 572 g/mol. The van der Waals surface area contributed by atoms with E-state index in [1.807, 2.05) is 66.1 Å². The number of aryl methyl sites for hydroxylation is 2. The van der Waals surface area contributed by atoms with Crippen molar-refractivity contribution < 1.29 is 14.4 Å². The molecule has 3 amide bonds. The van der Waals surface area contributed by atoms with Crippen LogP contribution in [-0.2, 0) is 4.79 Å². The predicted octanol–water partition coefficient (Wildman–Crippen LogP) is 5.90. The van der Waals surface area contributed by atoms with E-state index in [1.165, 1.54) is 0 Å². The molecule has 8 heteroatoms. The number of likely N-dealkylation sites (N-methyl/N-ethyl adjacent to an activating group) is 1. The molecule has 1 atom stereocenters. The second-order valence-corrected chi connectivity index (χ2v) is 11.6. The number of anilines is 2. The normalized spacial score (nSPS) is 17.5. The molecule has 2 aliphatic heterocycles. The van der Waals surface area contributed by atoms with Gasteiger partial charge in [0.25, 0.3) is 11.8 Å². The van der Waals surface area contributed by atoms with Gasteiger partial charge in [0.05, 0.1) is 0 Å². The van der Waals surface area contributed by atoms with Crippen LogP contribution < -0.4 is 10.2 Å². The van der Waals surface area contributed by atoms with Crippen LogP contribution >= 0.6 is 11.6 Å². The molecule has 0 aromatic heterocycles. The van der Waals surface area contributed by atoms with Crippen molar-refractivity contribution in [3.63, 3.8) is 0 Å². The fourth-order valence-corrected chi connectivity index (χ4v) is 6.02. The Morgan fingerprint density at radius 1 is 0.878 bits per heavy atom. The van der Waals surface area contributed by atoms with Gasteiger partial charge in [-0.05, 0) is 98.8 Å². The molecule has 2 aliphatic rings. The van der Waals surface area contributed by atoms with Crippen LogP contribution in [0.2, 0.25) is 5.02 Å². The highest BCUT2D eigenvalue weighted by molar-refractivity contribution is 6.30. The SMILES string of the molecule is Cc1ccccc1C(=O)Nc1ccc(C(=O)N2CCCC(CC(=O)N3CCN(C)CC3)c3cc(Cl)ccc32)c(C)c1. The van der Waals surface area contributed by atoms with E-state index < -0.39 is 0 Å². The van der Waals surface area contributed by atoms with Gasteiger partial charge in [0, 0.05) is 66.7 Å². The minimum absolute atomic E-state index is 0.00575. The number of hydrogen-bond donors (Lipinski definition) is 1. The van der Waals surface area contributed by atoms with Crippen LogP contribution in [0, 0.1) is 13.8 Å². The first-order valence-corrected chi connectivity index (χ1v) is 14.6. The van der Waals surface area contributed by atoms with Crippen LogP contribution in [0.15, 0.2) is 60.7 Å². The van der Waals surface area contributed by atoms with E-state index in [1.54, 1.807) is 18.2 Å². The first-order chi connectivity index (χ1) is 19.7. The number of hydrogen-bond acceptors (Lipinski definition) is 4. The van der Waals surface area contributed by atoms with E-state index in [0.717, 1.165) is 61.4 Å². The van der Waals surface area contributed by atoms with Gasteiger partial charge in [-0.2, -0.15) is 0 Å². The Morgan fingerprint density at radius 2 is 1.63 bits per heavy atom. The lowest BCUT2D eigenvalue weighted by atomic mass is 9.90. The molecule has 0 aliphatic carbocycles. The highest BCUT2D eigenvalue weighted by Gasteiger charge is 2.31. The van der Waals surface area contributed by atoms with Crippen molar-refractivity contribution in [2.45, 2.75) is 39.0 Å². The first-order valence-electron chi connectivity index (χ1n) is 14.3. The average Bonchev–Trinajstić information content (AvgIpc) is 3.12. The number of piperazine rings is 1. The summed E-state index contributed by atoms with van der Waals surface area (Å²) in [5.41, 5.74) is 5.27. The molecule has 0 saturated carbocycles. The van der Waals surface area contributed by atoms with E-state index in [2.05, 4.69) is 17.3 Å². The number of benzene rings is 3. The maximum atomic E-state index is 14.0. The van der Waals surface area contributed by atoms with Crippen LogP contribution in [0.25, 0.3) is 0 Å². The van der Waals surface area contributed by atoms with Gasteiger partial charge in [0.2, 0.25) is 5.91 Å². The number of rotatable bonds is 5. The molecule has 3 aromatic carbocycles.